The van der Waals surface area contributed by atoms with Crippen molar-refractivity contribution in [2.75, 3.05) is 45.9 Å². The van der Waals surface area contributed by atoms with Crippen LogP contribution in [0.15, 0.2) is 4.99 Å². The molecule has 0 saturated carbocycles. The number of carbonyl (C=O) groups is 1. The number of hydrogen-bond donors (Lipinski definition) is 0. The van der Waals surface area contributed by atoms with Crippen LogP contribution in [0.25, 0.3) is 0 Å². The van der Waals surface area contributed by atoms with E-state index in [9.17, 15) is 4.79 Å². The van der Waals surface area contributed by atoms with Crippen LogP contribution in [0.1, 0.15) is 40.5 Å². The fourth-order valence-electron chi connectivity index (χ4n) is 3.09. The maximum atomic E-state index is 12.3. The standard InChI is InChI=1S/C17H31N3O3/c1-5-19-8-6-14(7-9-19)23-16(21)18-15(17(2,3)4)20-10-12-22-13-11-20/h14H,5-13H2,1-4H3. The molecule has 0 N–H and O–H groups in total. The third-order valence-corrected chi connectivity index (χ3v) is 4.43. The van der Waals surface area contributed by atoms with E-state index in [1.165, 1.54) is 0 Å². The lowest BCUT2D eigenvalue weighted by Crippen LogP contribution is -2.46. The lowest BCUT2D eigenvalue weighted by Gasteiger charge is -2.36. The van der Waals surface area contributed by atoms with Gasteiger partial charge in [0.25, 0.3) is 0 Å². The SMILES string of the molecule is CCN1CCC(OC(=O)N=C(N2CCOCC2)C(C)(C)C)CC1. The monoisotopic (exact) mass is 325 g/mol. The third kappa shape index (κ3) is 5.46. The van der Waals surface area contributed by atoms with Crippen molar-refractivity contribution < 1.29 is 14.3 Å². The molecular weight excluding hydrogens is 294 g/mol. The Bertz CT molecular complexity index is 417. The van der Waals surface area contributed by atoms with E-state index in [2.05, 4.69) is 42.5 Å². The summed E-state index contributed by atoms with van der Waals surface area (Å²) in [6, 6.07) is 0. The summed E-state index contributed by atoms with van der Waals surface area (Å²) in [6.07, 6.45) is 1.35. The van der Waals surface area contributed by atoms with E-state index >= 15 is 0 Å². The normalized spacial score (nSPS) is 22.3. The average molecular weight is 325 g/mol. The fourth-order valence-corrected chi connectivity index (χ4v) is 3.09. The fraction of sp³-hybridized carbons (Fsp3) is 0.882. The van der Waals surface area contributed by atoms with Crippen molar-refractivity contribution in [3.8, 4) is 0 Å². The van der Waals surface area contributed by atoms with E-state index in [0.717, 1.165) is 51.4 Å². The third-order valence-electron chi connectivity index (χ3n) is 4.43. The van der Waals surface area contributed by atoms with E-state index in [1.54, 1.807) is 0 Å². The Balaban J connectivity index is 1.96. The molecule has 2 aliphatic rings. The smallest absolute Gasteiger partial charge is 0.435 e. The van der Waals surface area contributed by atoms with Gasteiger partial charge in [-0.2, -0.15) is 4.99 Å². The van der Waals surface area contributed by atoms with Crippen molar-refractivity contribution in [2.45, 2.75) is 46.6 Å². The summed E-state index contributed by atoms with van der Waals surface area (Å²) in [7, 11) is 0. The number of aliphatic imine (C=N–C) groups is 1. The first-order valence-corrected chi connectivity index (χ1v) is 8.75. The second-order valence-corrected chi connectivity index (χ2v) is 7.30. The molecule has 0 radical (unpaired) electrons. The number of likely N-dealkylation sites (tertiary alicyclic amines) is 1. The number of piperidine rings is 1. The Morgan fingerprint density at radius 2 is 1.78 bits per heavy atom. The molecule has 6 nitrogen and oxygen atoms in total. The first kappa shape index (κ1) is 18.2. The van der Waals surface area contributed by atoms with Gasteiger partial charge in [0.15, 0.2) is 0 Å². The molecule has 0 bridgehead atoms. The highest BCUT2D eigenvalue weighted by Crippen LogP contribution is 2.21. The van der Waals surface area contributed by atoms with Crippen LogP contribution >= 0.6 is 0 Å². The molecule has 2 fully saturated rings. The number of hydrogen-bond acceptors (Lipinski definition) is 4. The van der Waals surface area contributed by atoms with Crippen LogP contribution in [0.5, 0.6) is 0 Å². The van der Waals surface area contributed by atoms with Gasteiger partial charge in [-0.1, -0.05) is 27.7 Å². The van der Waals surface area contributed by atoms with Crippen LogP contribution in [0.3, 0.4) is 0 Å². The number of carbonyl (C=O) groups excluding carboxylic acids is 1. The number of rotatable bonds is 2. The minimum absolute atomic E-state index is 0.0000393. The predicted molar refractivity (Wildman–Crippen MR) is 90.9 cm³/mol. The van der Waals surface area contributed by atoms with Gasteiger partial charge in [-0.05, 0) is 19.4 Å². The second kappa shape index (κ2) is 8.11. The van der Waals surface area contributed by atoms with E-state index in [1.807, 2.05) is 0 Å². The average Bonchev–Trinajstić information content (AvgIpc) is 2.53. The zero-order chi connectivity index (χ0) is 16.9. The highest BCUT2D eigenvalue weighted by molar-refractivity contribution is 5.95. The molecule has 0 aromatic rings. The van der Waals surface area contributed by atoms with Gasteiger partial charge in [0.1, 0.15) is 11.9 Å². The first-order chi connectivity index (χ1) is 10.9. The molecule has 0 aromatic heterocycles. The topological polar surface area (TPSA) is 54.4 Å². The van der Waals surface area contributed by atoms with Gasteiger partial charge in [0.05, 0.1) is 13.2 Å². The number of morpholine rings is 1. The van der Waals surface area contributed by atoms with Gasteiger partial charge >= 0.3 is 6.09 Å². The van der Waals surface area contributed by atoms with Crippen molar-refractivity contribution in [1.82, 2.24) is 9.80 Å². The Morgan fingerprint density at radius 3 is 2.30 bits per heavy atom. The number of amides is 1. The largest absolute Gasteiger partial charge is 0.444 e. The molecule has 23 heavy (non-hydrogen) atoms. The summed E-state index contributed by atoms with van der Waals surface area (Å²) in [6.45, 7) is 14.4. The lowest BCUT2D eigenvalue weighted by atomic mass is 9.93. The molecule has 1 amide bonds. The number of amidine groups is 1. The Labute approximate surface area is 139 Å². The van der Waals surface area contributed by atoms with E-state index in [-0.39, 0.29) is 11.5 Å². The minimum Gasteiger partial charge on any atom is -0.444 e. The van der Waals surface area contributed by atoms with Crippen LogP contribution in [0.2, 0.25) is 0 Å². The van der Waals surface area contributed by atoms with Crippen LogP contribution in [-0.4, -0.2) is 73.8 Å². The molecule has 0 unspecified atom stereocenters. The van der Waals surface area contributed by atoms with Crippen molar-refractivity contribution in [1.29, 1.82) is 0 Å². The van der Waals surface area contributed by atoms with Crippen LogP contribution in [-0.2, 0) is 9.47 Å². The Morgan fingerprint density at radius 1 is 1.17 bits per heavy atom. The molecular formula is C17H31N3O3. The van der Waals surface area contributed by atoms with Crippen LogP contribution < -0.4 is 0 Å². The summed E-state index contributed by atoms with van der Waals surface area (Å²) < 4.78 is 11.0. The molecule has 0 aliphatic carbocycles. The van der Waals surface area contributed by atoms with Gasteiger partial charge in [0, 0.05) is 31.6 Å². The molecule has 2 rings (SSSR count). The molecule has 2 heterocycles. The van der Waals surface area contributed by atoms with Crippen molar-refractivity contribution in [2.24, 2.45) is 10.4 Å². The second-order valence-electron chi connectivity index (χ2n) is 7.30. The molecule has 2 saturated heterocycles. The minimum atomic E-state index is -0.448. The molecule has 132 valence electrons. The number of ether oxygens (including phenoxy) is 2. The molecule has 0 aromatic carbocycles. The van der Waals surface area contributed by atoms with Crippen molar-refractivity contribution in [3.63, 3.8) is 0 Å². The quantitative estimate of drug-likeness (QED) is 0.576. The van der Waals surface area contributed by atoms with Gasteiger partial charge in [-0.15, -0.1) is 0 Å². The van der Waals surface area contributed by atoms with Crippen molar-refractivity contribution in [3.05, 3.63) is 0 Å². The summed E-state index contributed by atoms with van der Waals surface area (Å²) in [5, 5.41) is 0. The zero-order valence-electron chi connectivity index (χ0n) is 15.0. The highest BCUT2D eigenvalue weighted by atomic mass is 16.6. The van der Waals surface area contributed by atoms with Gasteiger partial charge in [0.2, 0.25) is 0 Å². The maximum absolute atomic E-state index is 12.3. The highest BCUT2D eigenvalue weighted by Gasteiger charge is 2.28. The lowest BCUT2D eigenvalue weighted by molar-refractivity contribution is 0.0552. The van der Waals surface area contributed by atoms with E-state index < -0.39 is 6.09 Å². The van der Waals surface area contributed by atoms with E-state index in [4.69, 9.17) is 9.47 Å². The summed E-state index contributed by atoms with van der Waals surface area (Å²) in [5.41, 5.74) is -0.193. The molecule has 2 aliphatic heterocycles. The summed E-state index contributed by atoms with van der Waals surface area (Å²) >= 11 is 0. The van der Waals surface area contributed by atoms with Gasteiger partial charge in [-0.3, -0.25) is 0 Å². The van der Waals surface area contributed by atoms with Gasteiger partial charge < -0.3 is 19.3 Å². The predicted octanol–water partition coefficient (Wildman–Crippen LogP) is 2.38. The zero-order valence-corrected chi connectivity index (χ0v) is 15.0. The first-order valence-electron chi connectivity index (χ1n) is 8.75. The number of nitrogens with zero attached hydrogens (tertiary/aromatic N) is 3. The van der Waals surface area contributed by atoms with Crippen LogP contribution in [0.4, 0.5) is 4.79 Å². The molecule has 6 heteroatoms. The molecule has 0 spiro atoms. The Hall–Kier alpha value is -1.14. The van der Waals surface area contributed by atoms with Crippen molar-refractivity contribution >= 4 is 11.9 Å². The Kier molecular flexibility index (Phi) is 6.41. The summed E-state index contributed by atoms with van der Waals surface area (Å²) in [5.74, 6) is 0.803. The van der Waals surface area contributed by atoms with Crippen LogP contribution in [0, 0.1) is 5.41 Å². The molecule has 0 atom stereocenters. The van der Waals surface area contributed by atoms with Gasteiger partial charge in [-0.25, -0.2) is 4.79 Å². The maximum Gasteiger partial charge on any atom is 0.435 e. The summed E-state index contributed by atoms with van der Waals surface area (Å²) in [4.78, 5) is 21.1. The van der Waals surface area contributed by atoms with E-state index in [0.29, 0.717) is 13.2 Å².